The van der Waals surface area contributed by atoms with E-state index in [-0.39, 0.29) is 11.7 Å². The van der Waals surface area contributed by atoms with E-state index >= 15 is 0 Å². The lowest BCUT2D eigenvalue weighted by Crippen LogP contribution is -2.19. The van der Waals surface area contributed by atoms with Gasteiger partial charge in [-0.1, -0.05) is 61.7 Å². The van der Waals surface area contributed by atoms with Gasteiger partial charge in [0.25, 0.3) is 0 Å². The number of halogens is 2. The van der Waals surface area contributed by atoms with E-state index in [1.54, 1.807) is 18.3 Å². The van der Waals surface area contributed by atoms with Crippen LogP contribution in [-0.2, 0) is 11.3 Å². The zero-order valence-electron chi connectivity index (χ0n) is 18.1. The maximum absolute atomic E-state index is 12.7. The summed E-state index contributed by atoms with van der Waals surface area (Å²) in [4.78, 5) is 12.7. The summed E-state index contributed by atoms with van der Waals surface area (Å²) in [5, 5.41) is 17.9. The van der Waals surface area contributed by atoms with Crippen LogP contribution in [0.2, 0.25) is 10.0 Å². The molecule has 2 aromatic heterocycles. The second-order valence-corrected chi connectivity index (χ2v) is 10.2. The number of carbonyl (C=O) groups is 1. The van der Waals surface area contributed by atoms with Crippen LogP contribution in [0.5, 0.6) is 0 Å². The van der Waals surface area contributed by atoms with Crippen LogP contribution in [0.4, 0.5) is 5.82 Å². The van der Waals surface area contributed by atoms with Gasteiger partial charge in [-0.3, -0.25) is 4.79 Å². The van der Waals surface area contributed by atoms with Gasteiger partial charge in [0, 0.05) is 23.2 Å². The lowest BCUT2D eigenvalue weighted by atomic mass is 10.2. The molecule has 1 N–H and O–H groups in total. The predicted octanol–water partition coefficient (Wildman–Crippen LogP) is 5.95. The molecule has 170 valence electrons. The van der Waals surface area contributed by atoms with Crippen LogP contribution in [0.1, 0.15) is 45.6 Å². The summed E-state index contributed by atoms with van der Waals surface area (Å²) in [7, 11) is 0. The van der Waals surface area contributed by atoms with Crippen molar-refractivity contribution in [3.63, 3.8) is 0 Å². The van der Waals surface area contributed by atoms with Crippen LogP contribution >= 0.6 is 35.0 Å². The van der Waals surface area contributed by atoms with Gasteiger partial charge in [-0.25, -0.2) is 4.68 Å². The number of aromatic nitrogens is 5. The molecule has 0 spiro atoms. The van der Waals surface area contributed by atoms with Gasteiger partial charge in [-0.05, 0) is 37.0 Å². The Kier molecular flexibility index (Phi) is 7.43. The molecule has 1 amide bonds. The molecule has 10 heteroatoms. The number of hydrogen-bond donors (Lipinski definition) is 1. The van der Waals surface area contributed by atoms with Gasteiger partial charge in [-0.15, -0.1) is 10.2 Å². The number of carbonyl (C=O) groups excluding carboxylic acids is 1. The SMILES string of the molecule is CC(C)Cn1c(SCC(=O)Nc2ccnn2C2CCCC2)nnc1-c1ccc(Cl)cc1Cl. The van der Waals surface area contributed by atoms with E-state index in [2.05, 4.69) is 34.5 Å². The smallest absolute Gasteiger partial charge is 0.235 e. The topological polar surface area (TPSA) is 77.6 Å². The van der Waals surface area contributed by atoms with Crippen LogP contribution < -0.4 is 5.32 Å². The third-order valence-corrected chi connectivity index (χ3v) is 6.89. The van der Waals surface area contributed by atoms with Crippen molar-refractivity contribution < 1.29 is 4.79 Å². The van der Waals surface area contributed by atoms with Crippen molar-refractivity contribution in [2.24, 2.45) is 5.92 Å². The van der Waals surface area contributed by atoms with E-state index in [4.69, 9.17) is 23.2 Å². The van der Waals surface area contributed by atoms with Gasteiger partial charge in [0.2, 0.25) is 5.91 Å². The Labute approximate surface area is 201 Å². The Morgan fingerprint density at radius 3 is 2.72 bits per heavy atom. The van der Waals surface area contributed by atoms with Gasteiger partial charge < -0.3 is 9.88 Å². The van der Waals surface area contributed by atoms with Crippen molar-refractivity contribution in [2.75, 3.05) is 11.1 Å². The summed E-state index contributed by atoms with van der Waals surface area (Å²) in [5.41, 5.74) is 0.765. The highest BCUT2D eigenvalue weighted by Gasteiger charge is 2.22. The lowest BCUT2D eigenvalue weighted by Gasteiger charge is -2.15. The number of amides is 1. The molecule has 1 fully saturated rings. The number of nitrogens with zero attached hydrogens (tertiary/aromatic N) is 5. The third kappa shape index (κ3) is 5.30. The first-order valence-corrected chi connectivity index (χ1v) is 12.5. The van der Waals surface area contributed by atoms with Crippen molar-refractivity contribution in [3.05, 3.63) is 40.5 Å². The molecule has 0 unspecified atom stereocenters. The molecule has 2 heterocycles. The molecule has 0 atom stereocenters. The zero-order chi connectivity index (χ0) is 22.7. The molecule has 3 aromatic rings. The maximum atomic E-state index is 12.7. The minimum Gasteiger partial charge on any atom is -0.310 e. The summed E-state index contributed by atoms with van der Waals surface area (Å²) in [6.45, 7) is 4.96. The van der Waals surface area contributed by atoms with Crippen LogP contribution in [-0.4, -0.2) is 36.2 Å². The average Bonchev–Trinajstić information content (AvgIpc) is 3.48. The normalized spacial score (nSPS) is 14.4. The minimum absolute atomic E-state index is 0.0973. The second kappa shape index (κ2) is 10.3. The first-order chi connectivity index (χ1) is 15.4. The molecular formula is C22H26Cl2N6OS. The van der Waals surface area contributed by atoms with Gasteiger partial charge >= 0.3 is 0 Å². The highest BCUT2D eigenvalue weighted by Crippen LogP contribution is 2.33. The van der Waals surface area contributed by atoms with Crippen molar-refractivity contribution in [1.29, 1.82) is 0 Å². The zero-order valence-corrected chi connectivity index (χ0v) is 20.4. The quantitative estimate of drug-likeness (QED) is 0.393. The first-order valence-electron chi connectivity index (χ1n) is 10.8. The van der Waals surface area contributed by atoms with Gasteiger partial charge in [-0.2, -0.15) is 5.10 Å². The van der Waals surface area contributed by atoms with E-state index in [1.807, 2.05) is 21.4 Å². The first kappa shape index (κ1) is 23.1. The fraction of sp³-hybridized carbons (Fsp3) is 0.455. The van der Waals surface area contributed by atoms with Crippen LogP contribution in [0.3, 0.4) is 0 Å². The number of hydrogen-bond acceptors (Lipinski definition) is 5. The monoisotopic (exact) mass is 492 g/mol. The van der Waals surface area contributed by atoms with Gasteiger partial charge in [0.1, 0.15) is 5.82 Å². The molecule has 0 saturated heterocycles. The molecule has 0 bridgehead atoms. The summed E-state index contributed by atoms with van der Waals surface area (Å²) in [6, 6.07) is 7.54. The predicted molar refractivity (Wildman–Crippen MR) is 129 cm³/mol. The molecule has 1 aromatic carbocycles. The maximum Gasteiger partial charge on any atom is 0.235 e. The van der Waals surface area contributed by atoms with E-state index in [1.165, 1.54) is 24.6 Å². The number of benzene rings is 1. The number of nitrogens with one attached hydrogen (secondary N) is 1. The number of thioether (sulfide) groups is 1. The highest BCUT2D eigenvalue weighted by molar-refractivity contribution is 7.99. The molecule has 1 saturated carbocycles. The fourth-order valence-corrected chi connectivity index (χ4v) is 5.20. The Bertz CT molecular complexity index is 1090. The standard InChI is InChI=1S/C22H26Cl2N6OS/c1-14(2)12-29-21(17-8-7-15(23)11-18(17)24)27-28-22(29)32-13-20(31)26-19-9-10-25-30(19)16-5-3-4-6-16/h7-11,14,16H,3-6,12-13H2,1-2H3,(H,26,31). The molecule has 1 aliphatic carbocycles. The molecule has 4 rings (SSSR count). The Morgan fingerprint density at radius 1 is 1.22 bits per heavy atom. The van der Waals surface area contributed by atoms with Crippen molar-refractivity contribution in [3.8, 4) is 11.4 Å². The van der Waals surface area contributed by atoms with E-state index in [0.717, 1.165) is 24.2 Å². The molecule has 32 heavy (non-hydrogen) atoms. The van der Waals surface area contributed by atoms with Crippen molar-refractivity contribution >= 4 is 46.7 Å². The fourth-order valence-electron chi connectivity index (χ4n) is 3.96. The van der Waals surface area contributed by atoms with Crippen LogP contribution in [0.25, 0.3) is 11.4 Å². The largest absolute Gasteiger partial charge is 0.310 e. The Hall–Kier alpha value is -2.03. The minimum atomic E-state index is -0.0973. The van der Waals surface area contributed by atoms with Crippen LogP contribution in [0.15, 0.2) is 35.6 Å². The number of rotatable bonds is 8. The van der Waals surface area contributed by atoms with E-state index in [9.17, 15) is 4.79 Å². The van der Waals surface area contributed by atoms with Gasteiger partial charge in [0.05, 0.1) is 23.0 Å². The summed E-state index contributed by atoms with van der Waals surface area (Å²) in [5.74, 6) is 1.91. The van der Waals surface area contributed by atoms with Gasteiger partial charge in [0.15, 0.2) is 11.0 Å². The molecule has 0 aliphatic heterocycles. The van der Waals surface area contributed by atoms with Crippen molar-refractivity contribution in [2.45, 2.75) is 57.3 Å². The number of anilines is 1. The Balaban J connectivity index is 1.48. The summed E-state index contributed by atoms with van der Waals surface area (Å²) >= 11 is 13.8. The summed E-state index contributed by atoms with van der Waals surface area (Å²) < 4.78 is 3.96. The lowest BCUT2D eigenvalue weighted by molar-refractivity contribution is -0.113. The summed E-state index contributed by atoms with van der Waals surface area (Å²) in [6.07, 6.45) is 6.36. The molecule has 0 radical (unpaired) electrons. The second-order valence-electron chi connectivity index (χ2n) is 8.37. The molecule has 7 nitrogen and oxygen atoms in total. The van der Waals surface area contributed by atoms with Crippen molar-refractivity contribution in [1.82, 2.24) is 24.5 Å². The Morgan fingerprint density at radius 2 is 2.00 bits per heavy atom. The van der Waals surface area contributed by atoms with E-state index in [0.29, 0.717) is 39.5 Å². The van der Waals surface area contributed by atoms with Crippen LogP contribution in [0, 0.1) is 5.92 Å². The highest BCUT2D eigenvalue weighted by atomic mass is 35.5. The third-order valence-electron chi connectivity index (χ3n) is 5.38. The van der Waals surface area contributed by atoms with E-state index < -0.39 is 0 Å². The average molecular weight is 493 g/mol. The molecule has 1 aliphatic rings. The molecular weight excluding hydrogens is 467 g/mol.